The average molecular weight is 453 g/mol. The first-order valence-electron chi connectivity index (χ1n) is 11.0. The highest BCUT2D eigenvalue weighted by molar-refractivity contribution is 7.93. The Labute approximate surface area is 189 Å². The van der Waals surface area contributed by atoms with E-state index in [0.717, 1.165) is 25.0 Å². The van der Waals surface area contributed by atoms with Gasteiger partial charge in [-0.3, -0.25) is 19.4 Å². The minimum Gasteiger partial charge on any atom is -0.336 e. The van der Waals surface area contributed by atoms with Gasteiger partial charge in [-0.25, -0.2) is 8.42 Å². The number of hydrogen-bond acceptors (Lipinski definition) is 5. The van der Waals surface area contributed by atoms with Crippen molar-refractivity contribution in [2.45, 2.75) is 24.7 Å². The minimum absolute atomic E-state index is 0.0206. The first kappa shape index (κ1) is 22.2. The number of pyridine rings is 1. The van der Waals surface area contributed by atoms with Crippen molar-refractivity contribution < 1.29 is 13.2 Å². The molecule has 0 saturated carbocycles. The Kier molecular flexibility index (Phi) is 6.72. The number of unbranched alkanes of at least 4 members (excludes halogenated alkanes) is 1. The van der Waals surface area contributed by atoms with Crippen LogP contribution in [0.4, 0.5) is 5.69 Å². The third kappa shape index (κ3) is 4.92. The van der Waals surface area contributed by atoms with E-state index < -0.39 is 10.0 Å². The number of sulfonamides is 1. The number of fused-ring (bicyclic) bond motifs is 1. The predicted molar refractivity (Wildman–Crippen MR) is 126 cm³/mol. The first-order chi connectivity index (χ1) is 15.5. The van der Waals surface area contributed by atoms with Crippen LogP contribution < -0.4 is 4.72 Å². The normalized spacial score (nSPS) is 15.1. The molecule has 1 amide bonds. The van der Waals surface area contributed by atoms with Gasteiger partial charge in [0, 0.05) is 49.0 Å². The van der Waals surface area contributed by atoms with E-state index in [2.05, 4.69) is 21.5 Å². The number of amides is 1. The van der Waals surface area contributed by atoms with E-state index in [9.17, 15) is 13.2 Å². The molecule has 7 nitrogen and oxygen atoms in total. The molecule has 0 atom stereocenters. The SMILES string of the molecule is CCCCN1CCN(C(=O)c2ccc(NS(=O)(=O)c3cccc4cccnc34)cc2)CC1. The van der Waals surface area contributed by atoms with E-state index in [0.29, 0.717) is 29.9 Å². The van der Waals surface area contributed by atoms with Crippen LogP contribution in [0, 0.1) is 0 Å². The standard InChI is InChI=1S/C24H28N4O3S/c1-2-3-14-27-15-17-28(18-16-27)24(29)20-9-11-21(12-10-20)26-32(30,31)22-8-4-6-19-7-5-13-25-23(19)22/h4-13,26H,2-3,14-18H2,1H3. The lowest BCUT2D eigenvalue weighted by molar-refractivity contribution is 0.0636. The average Bonchev–Trinajstić information content (AvgIpc) is 2.82. The number of rotatable bonds is 7. The molecule has 1 N–H and O–H groups in total. The number of para-hydroxylation sites is 1. The molecule has 1 aliphatic heterocycles. The number of anilines is 1. The molecule has 0 aliphatic carbocycles. The molecule has 2 heterocycles. The smallest absolute Gasteiger partial charge is 0.264 e. The van der Waals surface area contributed by atoms with Crippen molar-refractivity contribution in [3.63, 3.8) is 0 Å². The second-order valence-corrected chi connectivity index (χ2v) is 9.65. The zero-order chi connectivity index (χ0) is 22.6. The molecular formula is C24H28N4O3S. The summed E-state index contributed by atoms with van der Waals surface area (Å²) in [7, 11) is -3.82. The molecule has 8 heteroatoms. The summed E-state index contributed by atoms with van der Waals surface area (Å²) in [6.45, 7) is 6.48. The molecule has 0 unspecified atom stereocenters. The van der Waals surface area contributed by atoms with Crippen molar-refractivity contribution >= 4 is 32.5 Å². The lowest BCUT2D eigenvalue weighted by Gasteiger charge is -2.34. The molecular weight excluding hydrogens is 424 g/mol. The Hall–Kier alpha value is -2.97. The van der Waals surface area contributed by atoms with Crippen molar-refractivity contribution in [2.75, 3.05) is 37.4 Å². The van der Waals surface area contributed by atoms with Gasteiger partial charge in [0.25, 0.3) is 15.9 Å². The molecule has 0 radical (unpaired) electrons. The molecule has 1 fully saturated rings. The number of nitrogens with one attached hydrogen (secondary N) is 1. The Morgan fingerprint density at radius 3 is 2.44 bits per heavy atom. The molecule has 2 aromatic carbocycles. The fourth-order valence-corrected chi connectivity index (χ4v) is 5.16. The molecule has 1 aliphatic rings. The van der Waals surface area contributed by atoms with Crippen LogP contribution in [0.25, 0.3) is 10.9 Å². The summed E-state index contributed by atoms with van der Waals surface area (Å²) < 4.78 is 28.5. The minimum atomic E-state index is -3.82. The van der Waals surface area contributed by atoms with E-state index >= 15 is 0 Å². The monoisotopic (exact) mass is 452 g/mol. The Bertz CT molecular complexity index is 1180. The number of hydrogen-bond donors (Lipinski definition) is 1. The molecule has 0 bridgehead atoms. The van der Waals surface area contributed by atoms with E-state index in [-0.39, 0.29) is 10.8 Å². The lowest BCUT2D eigenvalue weighted by Crippen LogP contribution is -2.48. The van der Waals surface area contributed by atoms with Crippen molar-refractivity contribution in [1.82, 2.24) is 14.8 Å². The van der Waals surface area contributed by atoms with Crippen LogP contribution in [0.15, 0.2) is 65.7 Å². The molecule has 1 saturated heterocycles. The third-order valence-electron chi connectivity index (χ3n) is 5.76. The van der Waals surface area contributed by atoms with Gasteiger partial charge in [-0.05, 0) is 49.4 Å². The molecule has 1 aromatic heterocycles. The molecule has 32 heavy (non-hydrogen) atoms. The van der Waals surface area contributed by atoms with Gasteiger partial charge in [-0.2, -0.15) is 0 Å². The first-order valence-corrected chi connectivity index (χ1v) is 12.4. The highest BCUT2D eigenvalue weighted by Gasteiger charge is 2.22. The second-order valence-electron chi connectivity index (χ2n) is 8.00. The zero-order valence-corrected chi connectivity index (χ0v) is 19.0. The summed E-state index contributed by atoms with van der Waals surface area (Å²) in [4.78, 5) is 21.5. The quantitative estimate of drug-likeness (QED) is 0.592. The van der Waals surface area contributed by atoms with Gasteiger partial charge < -0.3 is 4.90 Å². The third-order valence-corrected chi connectivity index (χ3v) is 7.17. The summed E-state index contributed by atoms with van der Waals surface area (Å²) in [5.74, 6) is -0.0206. The summed E-state index contributed by atoms with van der Waals surface area (Å²) in [5, 5.41) is 0.756. The lowest BCUT2D eigenvalue weighted by atomic mass is 10.1. The highest BCUT2D eigenvalue weighted by Crippen LogP contribution is 2.23. The van der Waals surface area contributed by atoms with Crippen molar-refractivity contribution in [2.24, 2.45) is 0 Å². The van der Waals surface area contributed by atoms with E-state index in [1.165, 1.54) is 18.9 Å². The van der Waals surface area contributed by atoms with Crippen LogP contribution in [0.5, 0.6) is 0 Å². The van der Waals surface area contributed by atoms with E-state index in [1.54, 1.807) is 42.6 Å². The fraction of sp³-hybridized carbons (Fsp3) is 0.333. The fourth-order valence-electron chi connectivity index (χ4n) is 3.92. The maximum Gasteiger partial charge on any atom is 0.264 e. The summed E-state index contributed by atoms with van der Waals surface area (Å²) in [5.41, 5.74) is 1.38. The summed E-state index contributed by atoms with van der Waals surface area (Å²) in [6.07, 6.45) is 3.93. The van der Waals surface area contributed by atoms with Gasteiger partial charge in [0.15, 0.2) is 0 Å². The maximum atomic E-state index is 13.0. The van der Waals surface area contributed by atoms with Gasteiger partial charge in [0.1, 0.15) is 4.90 Å². The number of nitrogens with zero attached hydrogens (tertiary/aromatic N) is 3. The molecule has 4 rings (SSSR count). The van der Waals surface area contributed by atoms with Crippen molar-refractivity contribution in [3.05, 3.63) is 66.4 Å². The molecule has 0 spiro atoms. The van der Waals surface area contributed by atoms with Gasteiger partial charge in [-0.1, -0.05) is 31.5 Å². The van der Waals surface area contributed by atoms with Gasteiger partial charge >= 0.3 is 0 Å². The molecule has 168 valence electrons. The van der Waals surface area contributed by atoms with Crippen molar-refractivity contribution in [1.29, 1.82) is 0 Å². The number of carbonyl (C=O) groups is 1. The van der Waals surface area contributed by atoms with Gasteiger partial charge in [0.05, 0.1) is 5.52 Å². The Balaban J connectivity index is 1.43. The Morgan fingerprint density at radius 2 is 1.72 bits per heavy atom. The van der Waals surface area contributed by atoms with Crippen LogP contribution in [-0.2, 0) is 10.0 Å². The Morgan fingerprint density at radius 1 is 1.00 bits per heavy atom. The van der Waals surface area contributed by atoms with Crippen molar-refractivity contribution in [3.8, 4) is 0 Å². The zero-order valence-electron chi connectivity index (χ0n) is 18.2. The largest absolute Gasteiger partial charge is 0.336 e. The van der Waals surface area contributed by atoms with Crippen LogP contribution in [0.2, 0.25) is 0 Å². The van der Waals surface area contributed by atoms with Crippen LogP contribution >= 0.6 is 0 Å². The number of piperazine rings is 1. The predicted octanol–water partition coefficient (Wildman–Crippen LogP) is 3.59. The number of carbonyl (C=O) groups excluding carboxylic acids is 1. The van der Waals surface area contributed by atoms with Gasteiger partial charge in [0.2, 0.25) is 0 Å². The number of benzene rings is 2. The van der Waals surface area contributed by atoms with E-state index in [4.69, 9.17) is 0 Å². The topological polar surface area (TPSA) is 82.6 Å². The number of aromatic nitrogens is 1. The second kappa shape index (κ2) is 9.67. The van der Waals surface area contributed by atoms with Gasteiger partial charge in [-0.15, -0.1) is 0 Å². The van der Waals surface area contributed by atoms with Crippen LogP contribution in [0.3, 0.4) is 0 Å². The molecule has 3 aromatic rings. The van der Waals surface area contributed by atoms with E-state index in [1.807, 2.05) is 17.0 Å². The maximum absolute atomic E-state index is 13.0. The summed E-state index contributed by atoms with van der Waals surface area (Å²) >= 11 is 0. The highest BCUT2D eigenvalue weighted by atomic mass is 32.2. The van der Waals surface area contributed by atoms with Crippen LogP contribution in [0.1, 0.15) is 30.1 Å². The van der Waals surface area contributed by atoms with Crippen LogP contribution in [-0.4, -0.2) is 61.8 Å². The summed E-state index contributed by atoms with van der Waals surface area (Å²) in [6, 6.07) is 15.2.